The standard InChI is InChI=1S/C24H27N5O4/c1-29(2)12-13-33-24(31)27-18-7-4-16(5-8-18)23(30)28-21-14-17(6-9-20(21)25)19-10-11-26-15-22(19)32-3/h4-11,14-15H,12-13,25H2,1-3H3,(H,27,31)(H,28,30). The summed E-state index contributed by atoms with van der Waals surface area (Å²) in [6, 6.07) is 13.7. The number of nitrogen functional groups attached to an aromatic ring is 1. The maximum Gasteiger partial charge on any atom is 0.411 e. The molecule has 0 saturated carbocycles. The molecular weight excluding hydrogens is 422 g/mol. The third-order valence-corrected chi connectivity index (χ3v) is 4.78. The molecule has 0 saturated heterocycles. The van der Waals surface area contributed by atoms with Crippen molar-refractivity contribution in [1.29, 1.82) is 0 Å². The quantitative estimate of drug-likeness (QED) is 0.449. The number of methoxy groups -OCH3 is 1. The zero-order chi connectivity index (χ0) is 23.8. The molecule has 3 aromatic rings. The number of likely N-dealkylation sites (N-methyl/N-ethyl adjacent to an activating group) is 1. The van der Waals surface area contributed by atoms with Crippen LogP contribution in [-0.2, 0) is 4.74 Å². The molecule has 9 heteroatoms. The van der Waals surface area contributed by atoms with Crippen LogP contribution in [0.1, 0.15) is 10.4 Å². The van der Waals surface area contributed by atoms with Crippen molar-refractivity contribution in [3.05, 3.63) is 66.5 Å². The second-order valence-corrected chi connectivity index (χ2v) is 7.47. The average Bonchev–Trinajstić information content (AvgIpc) is 2.80. The van der Waals surface area contributed by atoms with Crippen molar-refractivity contribution in [1.82, 2.24) is 9.88 Å². The highest BCUT2D eigenvalue weighted by molar-refractivity contribution is 6.06. The van der Waals surface area contributed by atoms with Crippen molar-refractivity contribution in [2.45, 2.75) is 0 Å². The van der Waals surface area contributed by atoms with E-state index in [1.807, 2.05) is 31.1 Å². The number of nitrogens with zero attached hydrogens (tertiary/aromatic N) is 2. The van der Waals surface area contributed by atoms with Crippen LogP contribution < -0.4 is 21.1 Å². The van der Waals surface area contributed by atoms with Crippen LogP contribution in [0.5, 0.6) is 5.75 Å². The number of hydrogen-bond donors (Lipinski definition) is 3. The van der Waals surface area contributed by atoms with Gasteiger partial charge in [0.25, 0.3) is 5.91 Å². The van der Waals surface area contributed by atoms with Gasteiger partial charge >= 0.3 is 6.09 Å². The Morgan fingerprint density at radius 2 is 1.82 bits per heavy atom. The third-order valence-electron chi connectivity index (χ3n) is 4.78. The van der Waals surface area contributed by atoms with E-state index in [0.29, 0.717) is 34.9 Å². The lowest BCUT2D eigenvalue weighted by molar-refractivity contribution is 0.102. The van der Waals surface area contributed by atoms with Gasteiger partial charge in [0, 0.05) is 29.6 Å². The minimum absolute atomic E-state index is 0.283. The number of rotatable bonds is 8. The Labute approximate surface area is 192 Å². The molecule has 9 nitrogen and oxygen atoms in total. The van der Waals surface area contributed by atoms with Gasteiger partial charge in [-0.05, 0) is 62.1 Å². The molecule has 0 radical (unpaired) electrons. The molecule has 2 aromatic carbocycles. The first-order valence-corrected chi connectivity index (χ1v) is 10.2. The summed E-state index contributed by atoms with van der Waals surface area (Å²) in [5.41, 5.74) is 9.57. The Hall–Kier alpha value is -4.11. The summed E-state index contributed by atoms with van der Waals surface area (Å²) >= 11 is 0. The number of aromatic nitrogens is 1. The number of nitrogens with one attached hydrogen (secondary N) is 2. The molecule has 1 aromatic heterocycles. The molecule has 0 aliphatic carbocycles. The van der Waals surface area contributed by atoms with E-state index in [2.05, 4.69) is 15.6 Å². The first-order chi connectivity index (χ1) is 15.9. The van der Waals surface area contributed by atoms with Gasteiger partial charge in [-0.25, -0.2) is 4.79 Å². The molecule has 172 valence electrons. The number of hydrogen-bond acceptors (Lipinski definition) is 7. The predicted molar refractivity (Wildman–Crippen MR) is 129 cm³/mol. The van der Waals surface area contributed by atoms with E-state index in [1.165, 1.54) is 0 Å². The van der Waals surface area contributed by atoms with Gasteiger partial charge in [-0.2, -0.15) is 0 Å². The maximum absolute atomic E-state index is 12.8. The topological polar surface area (TPSA) is 119 Å². The number of pyridine rings is 1. The second kappa shape index (κ2) is 11.0. The number of amides is 2. The lowest BCUT2D eigenvalue weighted by Gasteiger charge is -2.13. The molecule has 0 aliphatic heterocycles. The molecule has 0 aliphatic rings. The van der Waals surface area contributed by atoms with Crippen LogP contribution in [0.3, 0.4) is 0 Å². The summed E-state index contributed by atoms with van der Waals surface area (Å²) in [6.07, 6.45) is 2.74. The summed E-state index contributed by atoms with van der Waals surface area (Å²) < 4.78 is 10.5. The van der Waals surface area contributed by atoms with E-state index in [-0.39, 0.29) is 12.5 Å². The predicted octanol–water partition coefficient (Wildman–Crippen LogP) is 3.70. The fraction of sp³-hybridized carbons (Fsp3) is 0.208. The first-order valence-electron chi connectivity index (χ1n) is 10.2. The van der Waals surface area contributed by atoms with Crippen LogP contribution >= 0.6 is 0 Å². The number of carbonyl (C=O) groups excluding carboxylic acids is 2. The molecule has 0 spiro atoms. The van der Waals surface area contributed by atoms with Crippen LogP contribution in [0.2, 0.25) is 0 Å². The zero-order valence-corrected chi connectivity index (χ0v) is 18.8. The monoisotopic (exact) mass is 449 g/mol. The molecule has 2 amide bonds. The van der Waals surface area contributed by atoms with Crippen LogP contribution in [0.25, 0.3) is 11.1 Å². The smallest absolute Gasteiger partial charge is 0.411 e. The van der Waals surface area contributed by atoms with Crippen molar-refractivity contribution in [3.8, 4) is 16.9 Å². The van der Waals surface area contributed by atoms with Crippen molar-refractivity contribution in [2.75, 3.05) is 50.7 Å². The molecule has 4 N–H and O–H groups in total. The van der Waals surface area contributed by atoms with Gasteiger partial charge < -0.3 is 25.4 Å². The van der Waals surface area contributed by atoms with Gasteiger partial charge in [-0.1, -0.05) is 6.07 Å². The summed E-state index contributed by atoms with van der Waals surface area (Å²) in [5, 5.41) is 5.46. The number of carbonyl (C=O) groups is 2. The summed E-state index contributed by atoms with van der Waals surface area (Å²) in [5.74, 6) is 0.281. The largest absolute Gasteiger partial charge is 0.494 e. The molecule has 3 rings (SSSR count). The van der Waals surface area contributed by atoms with Crippen LogP contribution in [0.15, 0.2) is 60.9 Å². The fourth-order valence-corrected chi connectivity index (χ4v) is 2.99. The van der Waals surface area contributed by atoms with E-state index in [4.69, 9.17) is 15.2 Å². The van der Waals surface area contributed by atoms with Crippen molar-refractivity contribution in [2.24, 2.45) is 0 Å². The normalized spacial score (nSPS) is 10.5. The minimum Gasteiger partial charge on any atom is -0.494 e. The number of anilines is 3. The van der Waals surface area contributed by atoms with Gasteiger partial charge in [0.05, 0.1) is 24.7 Å². The van der Waals surface area contributed by atoms with E-state index in [9.17, 15) is 9.59 Å². The molecule has 1 heterocycles. The van der Waals surface area contributed by atoms with Gasteiger partial charge in [-0.15, -0.1) is 0 Å². The molecule has 0 bridgehead atoms. The molecule has 0 fully saturated rings. The second-order valence-electron chi connectivity index (χ2n) is 7.47. The lowest BCUT2D eigenvalue weighted by Crippen LogP contribution is -2.22. The molecular formula is C24H27N5O4. The van der Waals surface area contributed by atoms with Crippen molar-refractivity contribution in [3.63, 3.8) is 0 Å². The highest BCUT2D eigenvalue weighted by atomic mass is 16.5. The molecule has 0 atom stereocenters. The van der Waals surface area contributed by atoms with Gasteiger partial charge in [-0.3, -0.25) is 15.1 Å². The summed E-state index contributed by atoms with van der Waals surface area (Å²) in [4.78, 5) is 30.6. The highest BCUT2D eigenvalue weighted by Crippen LogP contribution is 2.32. The first kappa shape index (κ1) is 23.6. The van der Waals surface area contributed by atoms with Crippen molar-refractivity contribution < 1.29 is 19.1 Å². The van der Waals surface area contributed by atoms with Crippen LogP contribution in [0, 0.1) is 0 Å². The highest BCUT2D eigenvalue weighted by Gasteiger charge is 2.12. The Bertz CT molecular complexity index is 1120. The Morgan fingerprint density at radius 1 is 1.06 bits per heavy atom. The number of ether oxygens (including phenoxy) is 2. The summed E-state index contributed by atoms with van der Waals surface area (Å²) in [7, 11) is 5.36. The maximum atomic E-state index is 12.8. The number of benzene rings is 2. The van der Waals surface area contributed by atoms with Gasteiger partial charge in [0.1, 0.15) is 12.4 Å². The van der Waals surface area contributed by atoms with E-state index < -0.39 is 6.09 Å². The Morgan fingerprint density at radius 3 is 2.52 bits per heavy atom. The minimum atomic E-state index is -0.551. The Balaban J connectivity index is 1.67. The van der Waals surface area contributed by atoms with Crippen LogP contribution in [-0.4, -0.2) is 56.2 Å². The summed E-state index contributed by atoms with van der Waals surface area (Å²) in [6.45, 7) is 0.913. The van der Waals surface area contributed by atoms with E-state index in [0.717, 1.165) is 11.1 Å². The fourth-order valence-electron chi connectivity index (χ4n) is 2.99. The average molecular weight is 450 g/mol. The van der Waals surface area contributed by atoms with Crippen LogP contribution in [0.4, 0.5) is 21.9 Å². The Kier molecular flexibility index (Phi) is 7.82. The van der Waals surface area contributed by atoms with Crippen molar-refractivity contribution >= 4 is 29.1 Å². The molecule has 33 heavy (non-hydrogen) atoms. The van der Waals surface area contributed by atoms with E-state index in [1.54, 1.807) is 55.9 Å². The van der Waals surface area contributed by atoms with E-state index >= 15 is 0 Å². The zero-order valence-electron chi connectivity index (χ0n) is 18.8. The lowest BCUT2D eigenvalue weighted by atomic mass is 10.0. The molecule has 0 unspecified atom stereocenters. The van der Waals surface area contributed by atoms with Gasteiger partial charge in [0.15, 0.2) is 0 Å². The van der Waals surface area contributed by atoms with Gasteiger partial charge in [0.2, 0.25) is 0 Å². The third kappa shape index (κ3) is 6.44. The number of nitrogens with two attached hydrogens (primary N) is 1. The SMILES string of the molecule is COc1cnccc1-c1ccc(N)c(NC(=O)c2ccc(NC(=O)OCCN(C)C)cc2)c1.